The van der Waals surface area contributed by atoms with Gasteiger partial charge >= 0.3 is 0 Å². The summed E-state index contributed by atoms with van der Waals surface area (Å²) in [5, 5.41) is -0.569. The first-order valence-electron chi connectivity index (χ1n) is 4.62. The molecule has 3 unspecified atom stereocenters. The van der Waals surface area contributed by atoms with E-state index < -0.39 is 15.4 Å². The average molecular weight is 460 g/mol. The molecule has 0 aromatic carbocycles. The highest BCUT2D eigenvalue weighted by Crippen LogP contribution is 2.28. The molecule has 1 aliphatic heterocycles. The third kappa shape index (κ3) is 3.39. The quantitative estimate of drug-likeness (QED) is 0.365. The molecular formula is C8H14I2O4S. The van der Waals surface area contributed by atoms with Crippen LogP contribution in [0.25, 0.3) is 0 Å². The van der Waals surface area contributed by atoms with Crippen LogP contribution in [0.15, 0.2) is 0 Å². The third-order valence-corrected chi connectivity index (χ3v) is 6.08. The van der Waals surface area contributed by atoms with Crippen molar-refractivity contribution in [2.24, 2.45) is 0 Å². The van der Waals surface area contributed by atoms with Gasteiger partial charge in [-0.1, -0.05) is 45.2 Å². The molecule has 1 aliphatic rings. The molecule has 3 atom stereocenters. The highest BCUT2D eigenvalue weighted by atomic mass is 127. The minimum Gasteiger partial charge on any atom is -0.369 e. The number of hydrogen-bond acceptors (Lipinski definition) is 4. The fraction of sp³-hybridized carbons (Fsp3) is 1.00. The lowest BCUT2D eigenvalue weighted by molar-refractivity contribution is -0.0223. The van der Waals surface area contributed by atoms with Gasteiger partial charge in [-0.2, -0.15) is 8.42 Å². The number of ether oxygens (including phenoxy) is 1. The summed E-state index contributed by atoms with van der Waals surface area (Å²) in [6.07, 6.45) is -0.624. The van der Waals surface area contributed by atoms with E-state index in [0.717, 1.165) is 8.86 Å². The standard InChI is InChI=1S/C8H14I2O4S/c1-5-8(13-7(3-9)4-10)6(2)15(11,12)14-5/h5-8H,3-4H2,1-2H3. The van der Waals surface area contributed by atoms with Crippen molar-refractivity contribution in [3.8, 4) is 0 Å². The first kappa shape index (κ1) is 14.4. The Balaban J connectivity index is 2.70. The Hall–Kier alpha value is 1.33. The Morgan fingerprint density at radius 3 is 2.20 bits per heavy atom. The summed E-state index contributed by atoms with van der Waals surface area (Å²) in [5.74, 6) is 0. The molecule has 1 rings (SSSR count). The topological polar surface area (TPSA) is 52.6 Å². The molecular weight excluding hydrogens is 446 g/mol. The Labute approximate surface area is 118 Å². The van der Waals surface area contributed by atoms with Crippen LogP contribution < -0.4 is 0 Å². The van der Waals surface area contributed by atoms with Crippen LogP contribution in [0.4, 0.5) is 0 Å². The van der Waals surface area contributed by atoms with Gasteiger partial charge in [0, 0.05) is 8.86 Å². The van der Waals surface area contributed by atoms with Crippen molar-refractivity contribution in [2.75, 3.05) is 8.86 Å². The van der Waals surface area contributed by atoms with E-state index in [1.54, 1.807) is 13.8 Å². The highest BCUT2D eigenvalue weighted by molar-refractivity contribution is 14.1. The molecule has 1 heterocycles. The van der Waals surface area contributed by atoms with Gasteiger partial charge in [0.2, 0.25) is 0 Å². The SMILES string of the molecule is CC1OS(=O)(=O)C(C)C1OC(CI)CI. The lowest BCUT2D eigenvalue weighted by Crippen LogP contribution is -2.36. The van der Waals surface area contributed by atoms with E-state index in [0.29, 0.717) is 0 Å². The van der Waals surface area contributed by atoms with Crippen molar-refractivity contribution < 1.29 is 17.3 Å². The normalized spacial score (nSPS) is 34.9. The fourth-order valence-electron chi connectivity index (χ4n) is 1.46. The van der Waals surface area contributed by atoms with Crippen LogP contribution in [-0.4, -0.2) is 40.8 Å². The number of hydrogen-bond donors (Lipinski definition) is 0. The van der Waals surface area contributed by atoms with Gasteiger partial charge in [0.1, 0.15) is 17.5 Å². The van der Waals surface area contributed by atoms with E-state index in [9.17, 15) is 8.42 Å². The van der Waals surface area contributed by atoms with Crippen LogP contribution in [0.2, 0.25) is 0 Å². The maximum absolute atomic E-state index is 11.4. The molecule has 0 aromatic heterocycles. The molecule has 0 aliphatic carbocycles. The van der Waals surface area contributed by atoms with Gasteiger partial charge in [-0.05, 0) is 13.8 Å². The molecule has 0 amide bonds. The highest BCUT2D eigenvalue weighted by Gasteiger charge is 2.45. The second-order valence-electron chi connectivity index (χ2n) is 3.53. The predicted octanol–water partition coefficient (Wildman–Crippen LogP) is 1.75. The van der Waals surface area contributed by atoms with Crippen LogP contribution in [0.1, 0.15) is 13.8 Å². The molecule has 4 nitrogen and oxygen atoms in total. The number of halogens is 2. The molecule has 1 saturated heterocycles. The van der Waals surface area contributed by atoms with Crippen molar-refractivity contribution in [3.63, 3.8) is 0 Å². The van der Waals surface area contributed by atoms with Crippen molar-refractivity contribution in [3.05, 3.63) is 0 Å². The summed E-state index contributed by atoms with van der Waals surface area (Å²) >= 11 is 4.48. The van der Waals surface area contributed by atoms with Crippen molar-refractivity contribution in [1.29, 1.82) is 0 Å². The van der Waals surface area contributed by atoms with E-state index in [-0.39, 0.29) is 18.3 Å². The molecule has 0 spiro atoms. The Kier molecular flexibility index (Phi) is 5.55. The molecule has 1 fully saturated rings. The van der Waals surface area contributed by atoms with Crippen molar-refractivity contribution >= 4 is 55.3 Å². The van der Waals surface area contributed by atoms with Crippen LogP contribution in [0.3, 0.4) is 0 Å². The summed E-state index contributed by atoms with van der Waals surface area (Å²) in [6, 6.07) is 0. The fourth-order valence-corrected chi connectivity index (χ4v) is 5.01. The lowest BCUT2D eigenvalue weighted by Gasteiger charge is -2.22. The van der Waals surface area contributed by atoms with Crippen LogP contribution >= 0.6 is 45.2 Å². The zero-order valence-corrected chi connectivity index (χ0v) is 13.7. The third-order valence-electron chi connectivity index (χ3n) is 2.36. The van der Waals surface area contributed by atoms with E-state index >= 15 is 0 Å². The molecule has 0 radical (unpaired) electrons. The summed E-state index contributed by atoms with van der Waals surface area (Å²) in [4.78, 5) is 0. The zero-order chi connectivity index (χ0) is 11.6. The Morgan fingerprint density at radius 1 is 1.33 bits per heavy atom. The molecule has 15 heavy (non-hydrogen) atoms. The molecule has 0 N–H and O–H groups in total. The smallest absolute Gasteiger partial charge is 0.272 e. The first-order chi connectivity index (χ1) is 6.92. The maximum Gasteiger partial charge on any atom is 0.272 e. The number of rotatable bonds is 4. The number of alkyl halides is 2. The molecule has 0 saturated carbocycles. The van der Waals surface area contributed by atoms with Gasteiger partial charge in [0.05, 0.1) is 6.10 Å². The van der Waals surface area contributed by atoms with Crippen molar-refractivity contribution in [1.82, 2.24) is 0 Å². The molecule has 0 aromatic rings. The minimum atomic E-state index is -3.42. The van der Waals surface area contributed by atoms with E-state index in [4.69, 9.17) is 8.92 Å². The lowest BCUT2D eigenvalue weighted by atomic mass is 10.2. The first-order valence-corrected chi connectivity index (χ1v) is 9.14. The minimum absolute atomic E-state index is 0.0954. The Morgan fingerprint density at radius 2 is 1.87 bits per heavy atom. The largest absolute Gasteiger partial charge is 0.369 e. The van der Waals surface area contributed by atoms with Crippen molar-refractivity contribution in [2.45, 2.75) is 37.4 Å². The molecule has 7 heteroatoms. The van der Waals surface area contributed by atoms with Gasteiger partial charge < -0.3 is 4.74 Å². The monoisotopic (exact) mass is 460 g/mol. The molecule has 0 bridgehead atoms. The van der Waals surface area contributed by atoms with Gasteiger partial charge in [0.25, 0.3) is 10.1 Å². The van der Waals surface area contributed by atoms with E-state index in [1.165, 1.54) is 0 Å². The predicted molar refractivity (Wildman–Crippen MR) is 75.4 cm³/mol. The van der Waals surface area contributed by atoms with Gasteiger partial charge in [0.15, 0.2) is 0 Å². The summed E-state index contributed by atoms with van der Waals surface area (Å²) < 4.78 is 35.2. The van der Waals surface area contributed by atoms with Crippen LogP contribution in [0, 0.1) is 0 Å². The van der Waals surface area contributed by atoms with E-state index in [1.807, 2.05) is 0 Å². The average Bonchev–Trinajstić information content (AvgIpc) is 2.35. The van der Waals surface area contributed by atoms with Gasteiger partial charge in [-0.15, -0.1) is 0 Å². The second-order valence-corrected chi connectivity index (χ2v) is 7.21. The second kappa shape index (κ2) is 5.78. The van der Waals surface area contributed by atoms with Crippen LogP contribution in [-0.2, 0) is 19.0 Å². The maximum atomic E-state index is 11.4. The van der Waals surface area contributed by atoms with Gasteiger partial charge in [-0.3, -0.25) is 4.18 Å². The van der Waals surface area contributed by atoms with E-state index in [2.05, 4.69) is 45.2 Å². The Bertz CT molecular complexity index is 302. The summed E-state index contributed by atoms with van der Waals surface area (Å²) in [5.41, 5.74) is 0. The zero-order valence-electron chi connectivity index (χ0n) is 8.52. The summed E-state index contributed by atoms with van der Waals surface area (Å²) in [7, 11) is -3.42. The molecule has 90 valence electrons. The van der Waals surface area contributed by atoms with Crippen LogP contribution in [0.5, 0.6) is 0 Å². The summed E-state index contributed by atoms with van der Waals surface area (Å²) in [6.45, 7) is 3.38. The van der Waals surface area contributed by atoms with Gasteiger partial charge in [-0.25, -0.2) is 0 Å².